The van der Waals surface area contributed by atoms with Crippen LogP contribution in [0.1, 0.15) is 42.7 Å². The quantitative estimate of drug-likeness (QED) is 0.208. The van der Waals surface area contributed by atoms with Crippen LogP contribution in [-0.2, 0) is 6.42 Å². The Labute approximate surface area is 214 Å². The summed E-state index contributed by atoms with van der Waals surface area (Å²) in [6.07, 6.45) is 4.85. The summed E-state index contributed by atoms with van der Waals surface area (Å²) in [6, 6.07) is 27.8. The fourth-order valence-corrected chi connectivity index (χ4v) is 5.52. The molecule has 4 aromatic rings. The lowest BCUT2D eigenvalue weighted by Crippen LogP contribution is -2.19. The zero-order valence-electron chi connectivity index (χ0n) is 20.0. The Morgan fingerprint density at radius 2 is 1.67 bits per heavy atom. The second-order valence-corrected chi connectivity index (χ2v) is 9.83. The monoisotopic (exact) mass is 496 g/mol. The van der Waals surface area contributed by atoms with Crippen molar-refractivity contribution in [1.29, 1.82) is 0 Å². The van der Waals surface area contributed by atoms with E-state index in [9.17, 15) is 10.1 Å². The zero-order chi connectivity index (χ0) is 24.7. The predicted octanol–water partition coefficient (Wildman–Crippen LogP) is 6.83. The van der Waals surface area contributed by atoms with Gasteiger partial charge in [-0.1, -0.05) is 72.8 Å². The topological polar surface area (TPSA) is 72.8 Å². The van der Waals surface area contributed by atoms with Crippen LogP contribution in [0.4, 0.5) is 5.69 Å². The molecule has 1 heterocycles. The summed E-state index contributed by atoms with van der Waals surface area (Å²) in [5.41, 5.74) is 5.47. The van der Waals surface area contributed by atoms with Crippen molar-refractivity contribution < 1.29 is 4.92 Å². The first kappa shape index (κ1) is 23.9. The maximum Gasteiger partial charge on any atom is 0.270 e. The zero-order valence-corrected chi connectivity index (χ0v) is 20.8. The van der Waals surface area contributed by atoms with E-state index in [-0.39, 0.29) is 10.6 Å². The van der Waals surface area contributed by atoms with E-state index in [0.717, 1.165) is 53.9 Å². The number of nitro benzene ring substituents is 1. The van der Waals surface area contributed by atoms with Gasteiger partial charge in [0.05, 0.1) is 10.6 Å². The van der Waals surface area contributed by atoms with Crippen LogP contribution in [-0.4, -0.2) is 21.9 Å². The molecule has 0 bridgehead atoms. The first-order valence-electron chi connectivity index (χ1n) is 12.3. The molecule has 1 fully saturated rings. The van der Waals surface area contributed by atoms with Gasteiger partial charge in [0.25, 0.3) is 5.69 Å². The summed E-state index contributed by atoms with van der Waals surface area (Å²) in [6.45, 7) is 0.653. The normalized spacial score (nSPS) is 16.2. The van der Waals surface area contributed by atoms with Crippen LogP contribution >= 0.6 is 11.3 Å². The Hall–Kier alpha value is -3.84. The Bertz CT molecular complexity index is 1410. The van der Waals surface area contributed by atoms with Crippen LogP contribution in [0.25, 0.3) is 11.3 Å². The second kappa shape index (κ2) is 11.3. The average Bonchev–Trinajstić information content (AvgIpc) is 3.32. The van der Waals surface area contributed by atoms with Gasteiger partial charge in [0.15, 0.2) is 0 Å². The van der Waals surface area contributed by atoms with E-state index in [1.807, 2.05) is 34.3 Å². The molecule has 1 aromatic heterocycles. The molecule has 36 heavy (non-hydrogen) atoms. The second-order valence-electron chi connectivity index (χ2n) is 8.99. The molecule has 0 spiro atoms. The van der Waals surface area contributed by atoms with Crippen LogP contribution in [0.15, 0.2) is 100 Å². The first-order valence-corrected chi connectivity index (χ1v) is 13.2. The number of thiazole rings is 1. The van der Waals surface area contributed by atoms with Gasteiger partial charge in [0.2, 0.25) is 4.80 Å². The van der Waals surface area contributed by atoms with Gasteiger partial charge in [-0.3, -0.25) is 15.1 Å². The van der Waals surface area contributed by atoms with Gasteiger partial charge < -0.3 is 0 Å². The van der Waals surface area contributed by atoms with Crippen molar-refractivity contribution in [3.8, 4) is 11.3 Å². The lowest BCUT2D eigenvalue weighted by Gasteiger charge is -2.23. The third-order valence-electron chi connectivity index (χ3n) is 6.60. The molecule has 0 radical (unpaired) electrons. The van der Waals surface area contributed by atoms with Gasteiger partial charge >= 0.3 is 0 Å². The molecule has 0 saturated heterocycles. The Kier molecular flexibility index (Phi) is 7.47. The maximum atomic E-state index is 11.4. The van der Waals surface area contributed by atoms with Crippen molar-refractivity contribution in [3.05, 3.63) is 116 Å². The third-order valence-corrected chi connectivity index (χ3v) is 7.46. The highest BCUT2D eigenvalue weighted by Crippen LogP contribution is 2.32. The van der Waals surface area contributed by atoms with Crippen LogP contribution in [0.5, 0.6) is 0 Å². The maximum absolute atomic E-state index is 11.4. The summed E-state index contributed by atoms with van der Waals surface area (Å²) in [4.78, 5) is 16.7. The molecule has 7 heteroatoms. The van der Waals surface area contributed by atoms with Crippen LogP contribution in [0.3, 0.4) is 0 Å². The van der Waals surface area contributed by atoms with Crippen molar-refractivity contribution in [3.63, 3.8) is 0 Å². The van der Waals surface area contributed by atoms with Gasteiger partial charge in [-0.2, -0.15) is 5.10 Å². The lowest BCUT2D eigenvalue weighted by atomic mass is 9.83. The first-order chi connectivity index (χ1) is 17.7. The number of non-ortho nitro benzene ring substituents is 1. The van der Waals surface area contributed by atoms with Gasteiger partial charge in [-0.25, -0.2) is 4.68 Å². The highest BCUT2D eigenvalue weighted by molar-refractivity contribution is 7.07. The van der Waals surface area contributed by atoms with Gasteiger partial charge in [0, 0.05) is 35.3 Å². The Morgan fingerprint density at radius 1 is 0.944 bits per heavy atom. The molecule has 1 saturated carbocycles. The van der Waals surface area contributed by atoms with Crippen LogP contribution < -0.4 is 4.80 Å². The summed E-state index contributed by atoms with van der Waals surface area (Å²) in [7, 11) is 0. The number of nitrogens with zero attached hydrogens (tertiary/aromatic N) is 4. The minimum atomic E-state index is -0.359. The predicted molar refractivity (Wildman–Crippen MR) is 145 cm³/mol. The smallest absolute Gasteiger partial charge is 0.258 e. The summed E-state index contributed by atoms with van der Waals surface area (Å²) >= 11 is 1.53. The highest BCUT2D eigenvalue weighted by atomic mass is 32.1. The molecule has 0 N–H and O–H groups in total. The van der Waals surface area contributed by atoms with Gasteiger partial charge in [0.1, 0.15) is 0 Å². The summed E-state index contributed by atoms with van der Waals surface area (Å²) in [5, 5.41) is 18.4. The number of hydrogen-bond donors (Lipinski definition) is 0. The molecule has 0 unspecified atom stereocenters. The minimum Gasteiger partial charge on any atom is -0.258 e. The van der Waals surface area contributed by atoms with Crippen molar-refractivity contribution in [1.82, 2.24) is 4.68 Å². The Morgan fingerprint density at radius 3 is 2.39 bits per heavy atom. The van der Waals surface area contributed by atoms with Crippen molar-refractivity contribution >= 4 is 22.7 Å². The molecule has 0 amide bonds. The fourth-order valence-electron chi connectivity index (χ4n) is 4.66. The van der Waals surface area contributed by atoms with Crippen molar-refractivity contribution in [2.75, 3.05) is 6.54 Å². The number of rotatable bonds is 7. The Balaban J connectivity index is 1.44. The third kappa shape index (κ3) is 5.69. The van der Waals surface area contributed by atoms with Crippen LogP contribution in [0.2, 0.25) is 0 Å². The highest BCUT2D eigenvalue weighted by Gasteiger charge is 2.20. The number of aromatic nitrogens is 1. The van der Waals surface area contributed by atoms with Gasteiger partial charge in [-0.05, 0) is 49.1 Å². The van der Waals surface area contributed by atoms with E-state index in [1.165, 1.54) is 28.5 Å². The minimum absolute atomic E-state index is 0.0730. The van der Waals surface area contributed by atoms with E-state index < -0.39 is 0 Å². The lowest BCUT2D eigenvalue weighted by molar-refractivity contribution is -0.384. The number of hydrogen-bond acceptors (Lipinski definition) is 5. The molecule has 1 aliphatic carbocycles. The molecule has 3 aromatic carbocycles. The van der Waals surface area contributed by atoms with E-state index >= 15 is 0 Å². The van der Waals surface area contributed by atoms with E-state index in [0.29, 0.717) is 12.5 Å². The van der Waals surface area contributed by atoms with E-state index in [2.05, 4.69) is 42.5 Å². The number of benzene rings is 3. The molecule has 0 aliphatic heterocycles. The van der Waals surface area contributed by atoms with E-state index in [4.69, 9.17) is 10.1 Å². The fraction of sp³-hybridized carbons (Fsp3) is 0.241. The standard InChI is InChI=1S/C29H28N4O2S/c34-33(35)27-13-7-12-25(20-27)28-21-36-29(30-19-18-22-8-3-1-4-9-22)32(28)31-26-16-14-24(15-17-26)23-10-5-2-6-11-23/h1-13,20-21,24H,14-19H2. The SMILES string of the molecule is O=[N+]([O-])c1cccc(-c2csc(=NCCc3ccccc3)n2N=C2CCC(c3ccccc3)CC2)c1. The molecule has 5 rings (SSSR count). The molecule has 182 valence electrons. The van der Waals surface area contributed by atoms with Crippen LogP contribution in [0, 0.1) is 10.1 Å². The molecule has 6 nitrogen and oxygen atoms in total. The van der Waals surface area contributed by atoms with Crippen molar-refractivity contribution in [2.24, 2.45) is 10.1 Å². The number of nitro groups is 1. The molecule has 1 aliphatic rings. The molecular weight excluding hydrogens is 468 g/mol. The average molecular weight is 497 g/mol. The summed E-state index contributed by atoms with van der Waals surface area (Å²) < 4.78 is 1.90. The molecular formula is C29H28N4O2S. The molecule has 0 atom stereocenters. The summed E-state index contributed by atoms with van der Waals surface area (Å²) in [5.74, 6) is 0.559. The largest absolute Gasteiger partial charge is 0.270 e. The van der Waals surface area contributed by atoms with E-state index in [1.54, 1.807) is 12.1 Å². The van der Waals surface area contributed by atoms with Crippen molar-refractivity contribution in [2.45, 2.75) is 38.0 Å². The van der Waals surface area contributed by atoms with Gasteiger partial charge in [-0.15, -0.1) is 11.3 Å².